The maximum atomic E-state index is 10.6. The highest BCUT2D eigenvalue weighted by atomic mass is 32.1. The van der Waals surface area contributed by atoms with Gasteiger partial charge < -0.3 is 20.3 Å². The lowest BCUT2D eigenvalue weighted by molar-refractivity contribution is -0.192. The second kappa shape index (κ2) is 9.21. The topological polar surface area (TPSA) is 81.8 Å². The van der Waals surface area contributed by atoms with E-state index in [2.05, 4.69) is 0 Å². The van der Waals surface area contributed by atoms with Crippen LogP contribution in [0.15, 0.2) is 18.2 Å². The number of alkyl halides is 3. The Bertz CT molecular complexity index is 498. The zero-order valence-electron chi connectivity index (χ0n) is 11.9. The second-order valence-electron chi connectivity index (χ2n) is 3.86. The summed E-state index contributed by atoms with van der Waals surface area (Å²) in [6, 6.07) is 5.65. The van der Waals surface area contributed by atoms with E-state index in [-0.39, 0.29) is 0 Å². The lowest BCUT2D eigenvalue weighted by Gasteiger charge is -2.12. The van der Waals surface area contributed by atoms with Crippen LogP contribution in [0, 0.1) is 0 Å². The molecule has 0 heterocycles. The number of nitrogens with two attached hydrogens (primary N) is 1. The standard InChI is InChI=1S/C11H15NO2S.C2HF3O2/c1-13-10-4-3-5-11(14-2)9(10)6-8(15)7-12;3-2(4,5)1(6)7/h3-5H,6-7,12H2,1-2H3;(H,6,7). The van der Waals surface area contributed by atoms with E-state index in [4.69, 9.17) is 37.3 Å². The molecule has 9 heteroatoms. The molecule has 0 unspecified atom stereocenters. The first kappa shape index (κ1) is 20.1. The van der Waals surface area contributed by atoms with Crippen LogP contribution >= 0.6 is 12.2 Å². The number of rotatable bonds is 5. The number of halogens is 3. The molecule has 1 aromatic rings. The minimum Gasteiger partial charge on any atom is -0.496 e. The molecule has 0 aliphatic heterocycles. The summed E-state index contributed by atoms with van der Waals surface area (Å²) in [6.07, 6.45) is -4.47. The van der Waals surface area contributed by atoms with Gasteiger partial charge in [-0.3, -0.25) is 0 Å². The number of carboxylic acid groups (broad SMARTS) is 1. The highest BCUT2D eigenvalue weighted by molar-refractivity contribution is 7.80. The van der Waals surface area contributed by atoms with Crippen molar-refractivity contribution in [3.8, 4) is 11.5 Å². The van der Waals surface area contributed by atoms with E-state index in [1.807, 2.05) is 18.2 Å². The minimum atomic E-state index is -5.08. The number of thiocarbonyl (C=S) groups is 1. The first-order valence-electron chi connectivity index (χ1n) is 5.89. The van der Waals surface area contributed by atoms with Gasteiger partial charge in [-0.2, -0.15) is 13.2 Å². The molecule has 1 aromatic carbocycles. The molecule has 0 saturated heterocycles. The number of carboxylic acids is 1. The molecule has 0 bridgehead atoms. The number of hydrogen-bond donors (Lipinski definition) is 2. The fourth-order valence-electron chi connectivity index (χ4n) is 1.37. The molecular weight excluding hydrogens is 323 g/mol. The van der Waals surface area contributed by atoms with E-state index in [0.29, 0.717) is 13.0 Å². The molecule has 0 atom stereocenters. The van der Waals surface area contributed by atoms with Crippen LogP contribution in [-0.4, -0.2) is 42.9 Å². The Balaban J connectivity index is 0.000000534. The van der Waals surface area contributed by atoms with Gasteiger partial charge in [-0.1, -0.05) is 18.3 Å². The van der Waals surface area contributed by atoms with Crippen molar-refractivity contribution in [3.05, 3.63) is 23.8 Å². The monoisotopic (exact) mass is 339 g/mol. The van der Waals surface area contributed by atoms with Gasteiger partial charge in [0.2, 0.25) is 0 Å². The molecule has 0 aliphatic rings. The highest BCUT2D eigenvalue weighted by Crippen LogP contribution is 2.28. The van der Waals surface area contributed by atoms with Gasteiger partial charge in [0.1, 0.15) is 11.5 Å². The molecule has 3 N–H and O–H groups in total. The Kier molecular flexibility index (Phi) is 8.43. The lowest BCUT2D eigenvalue weighted by atomic mass is 10.1. The van der Waals surface area contributed by atoms with Gasteiger partial charge in [0, 0.05) is 23.4 Å². The van der Waals surface area contributed by atoms with Crippen molar-refractivity contribution in [3.63, 3.8) is 0 Å². The van der Waals surface area contributed by atoms with Crippen molar-refractivity contribution in [1.29, 1.82) is 0 Å². The van der Waals surface area contributed by atoms with Crippen molar-refractivity contribution < 1.29 is 32.5 Å². The van der Waals surface area contributed by atoms with E-state index >= 15 is 0 Å². The quantitative estimate of drug-likeness (QED) is 0.801. The predicted octanol–water partition coefficient (Wildman–Crippen LogP) is 2.21. The van der Waals surface area contributed by atoms with E-state index in [1.165, 1.54) is 0 Å². The summed E-state index contributed by atoms with van der Waals surface area (Å²) in [5, 5.41) is 7.12. The number of benzene rings is 1. The summed E-state index contributed by atoms with van der Waals surface area (Å²) in [6.45, 7) is 0.399. The molecule has 0 saturated carbocycles. The van der Waals surface area contributed by atoms with Crippen molar-refractivity contribution in [2.75, 3.05) is 20.8 Å². The fraction of sp³-hybridized carbons (Fsp3) is 0.385. The van der Waals surface area contributed by atoms with E-state index in [0.717, 1.165) is 21.9 Å². The minimum absolute atomic E-state index is 0.399. The molecule has 0 fully saturated rings. The fourth-order valence-corrected chi connectivity index (χ4v) is 1.52. The molecular formula is C13H16F3NO4S. The molecule has 0 aromatic heterocycles. The van der Waals surface area contributed by atoms with Crippen LogP contribution < -0.4 is 15.2 Å². The van der Waals surface area contributed by atoms with E-state index in [9.17, 15) is 13.2 Å². The predicted molar refractivity (Wildman–Crippen MR) is 78.6 cm³/mol. The van der Waals surface area contributed by atoms with Crippen LogP contribution in [0.4, 0.5) is 13.2 Å². The molecule has 0 radical (unpaired) electrons. The van der Waals surface area contributed by atoms with Gasteiger partial charge in [0.15, 0.2) is 0 Å². The normalized spacial score (nSPS) is 10.3. The zero-order valence-corrected chi connectivity index (χ0v) is 12.8. The largest absolute Gasteiger partial charge is 0.496 e. The highest BCUT2D eigenvalue weighted by Gasteiger charge is 2.38. The molecule has 0 amide bonds. The van der Waals surface area contributed by atoms with Crippen molar-refractivity contribution in [2.24, 2.45) is 5.73 Å². The summed E-state index contributed by atoms with van der Waals surface area (Å²) < 4.78 is 42.2. The van der Waals surface area contributed by atoms with Crippen molar-refractivity contribution in [2.45, 2.75) is 12.6 Å². The number of ether oxygens (including phenoxy) is 2. The Labute approximate surface area is 130 Å². The average molecular weight is 339 g/mol. The average Bonchev–Trinajstić information content (AvgIpc) is 2.46. The first-order chi connectivity index (χ1) is 10.2. The molecule has 1 rings (SSSR count). The Hall–Kier alpha value is -1.87. The SMILES string of the molecule is COc1cccc(OC)c1CC(=S)CN.O=C(O)C(F)(F)F. The van der Waals surface area contributed by atoms with Gasteiger partial charge in [-0.15, -0.1) is 0 Å². The number of carbonyl (C=O) groups is 1. The number of aliphatic carboxylic acids is 1. The van der Waals surface area contributed by atoms with Gasteiger partial charge in [-0.05, 0) is 12.1 Å². The summed E-state index contributed by atoms with van der Waals surface area (Å²) in [5.41, 5.74) is 6.44. The third-order valence-electron chi connectivity index (χ3n) is 2.37. The van der Waals surface area contributed by atoms with Crippen LogP contribution in [0.25, 0.3) is 0 Å². The lowest BCUT2D eigenvalue weighted by Crippen LogP contribution is -2.21. The summed E-state index contributed by atoms with van der Waals surface area (Å²) in [5.74, 6) is -1.19. The van der Waals surface area contributed by atoms with E-state index in [1.54, 1.807) is 14.2 Å². The van der Waals surface area contributed by atoms with Gasteiger partial charge in [-0.25, -0.2) is 4.79 Å². The van der Waals surface area contributed by atoms with Crippen molar-refractivity contribution in [1.82, 2.24) is 0 Å². The molecule has 0 aliphatic carbocycles. The number of methoxy groups -OCH3 is 2. The van der Waals surface area contributed by atoms with Crippen LogP contribution in [-0.2, 0) is 11.2 Å². The zero-order chi connectivity index (χ0) is 17.3. The maximum Gasteiger partial charge on any atom is 0.490 e. The first-order valence-corrected chi connectivity index (χ1v) is 6.29. The van der Waals surface area contributed by atoms with E-state index < -0.39 is 12.1 Å². The van der Waals surface area contributed by atoms with Gasteiger partial charge in [0.05, 0.1) is 14.2 Å². The summed E-state index contributed by atoms with van der Waals surface area (Å²) >= 11 is 5.12. The smallest absolute Gasteiger partial charge is 0.490 e. The molecule has 0 spiro atoms. The Morgan fingerprint density at radius 3 is 1.95 bits per heavy atom. The van der Waals surface area contributed by atoms with Crippen LogP contribution in [0.3, 0.4) is 0 Å². The third kappa shape index (κ3) is 6.72. The molecule has 124 valence electrons. The Morgan fingerprint density at radius 1 is 1.27 bits per heavy atom. The van der Waals surface area contributed by atoms with Gasteiger partial charge in [0.25, 0.3) is 0 Å². The van der Waals surface area contributed by atoms with Crippen LogP contribution in [0.1, 0.15) is 5.56 Å². The third-order valence-corrected chi connectivity index (χ3v) is 2.69. The molecule has 5 nitrogen and oxygen atoms in total. The summed E-state index contributed by atoms with van der Waals surface area (Å²) in [4.78, 5) is 9.69. The maximum absolute atomic E-state index is 10.6. The number of hydrogen-bond acceptors (Lipinski definition) is 5. The molecule has 22 heavy (non-hydrogen) atoms. The summed E-state index contributed by atoms with van der Waals surface area (Å²) in [7, 11) is 3.26. The van der Waals surface area contributed by atoms with Crippen LogP contribution in [0.5, 0.6) is 11.5 Å². The van der Waals surface area contributed by atoms with Gasteiger partial charge >= 0.3 is 12.1 Å². The Morgan fingerprint density at radius 2 is 1.68 bits per heavy atom. The second-order valence-corrected chi connectivity index (χ2v) is 4.44. The van der Waals surface area contributed by atoms with Crippen LogP contribution in [0.2, 0.25) is 0 Å². The van der Waals surface area contributed by atoms with Crippen molar-refractivity contribution >= 4 is 23.1 Å².